The molecule has 3 heteroatoms. The minimum Gasteiger partial charge on any atom is -0.502 e. The molecule has 3 nitrogen and oxygen atoms in total. The average Bonchev–Trinajstić information content (AvgIpc) is 2.02. The fourth-order valence-corrected chi connectivity index (χ4v) is 0.949. The van der Waals surface area contributed by atoms with Crippen molar-refractivity contribution in [2.45, 2.75) is 38.4 Å². The minimum absolute atomic E-state index is 0.475. The third kappa shape index (κ3) is 9.46. The second kappa shape index (κ2) is 8.56. The summed E-state index contributed by atoms with van der Waals surface area (Å²) in [5.41, 5.74) is 0. The molecule has 0 saturated carbocycles. The normalized spacial score (nSPS) is 10.2. The number of hydrogen-bond donors (Lipinski definition) is 2. The zero-order chi connectivity index (χ0) is 9.23. The van der Waals surface area contributed by atoms with Crippen LogP contribution in [0.15, 0.2) is 12.8 Å². The summed E-state index contributed by atoms with van der Waals surface area (Å²) in [6.07, 6.45) is 4.74. The van der Waals surface area contributed by atoms with Crippen molar-refractivity contribution in [2.24, 2.45) is 0 Å². The highest BCUT2D eigenvalue weighted by Gasteiger charge is 1.96. The molecule has 0 fully saturated rings. The topological polar surface area (TPSA) is 49.7 Å². The second-order valence-corrected chi connectivity index (χ2v) is 2.72. The Morgan fingerprint density at radius 3 is 2.42 bits per heavy atom. The molecule has 72 valence electrons. The SMILES string of the molecule is C=COCCCCCCC(O)O. The summed E-state index contributed by atoms with van der Waals surface area (Å²) >= 11 is 0. The monoisotopic (exact) mass is 174 g/mol. The predicted octanol–water partition coefficient (Wildman–Crippen LogP) is 1.41. The van der Waals surface area contributed by atoms with Crippen molar-refractivity contribution >= 4 is 0 Å². The molecule has 0 aromatic carbocycles. The van der Waals surface area contributed by atoms with E-state index in [0.29, 0.717) is 13.0 Å². The number of aliphatic hydroxyl groups is 2. The standard InChI is InChI=1S/C9H18O3/c1-2-12-8-6-4-3-5-7-9(10)11/h2,9-11H,1,3-8H2. The molecule has 0 aliphatic heterocycles. The molecular weight excluding hydrogens is 156 g/mol. The van der Waals surface area contributed by atoms with Crippen LogP contribution in [0, 0.1) is 0 Å². The Morgan fingerprint density at radius 2 is 1.83 bits per heavy atom. The lowest BCUT2D eigenvalue weighted by Crippen LogP contribution is -2.02. The fourth-order valence-electron chi connectivity index (χ4n) is 0.949. The van der Waals surface area contributed by atoms with E-state index >= 15 is 0 Å². The van der Waals surface area contributed by atoms with Crippen LogP contribution in [0.5, 0.6) is 0 Å². The zero-order valence-corrected chi connectivity index (χ0v) is 7.41. The molecule has 0 aliphatic rings. The van der Waals surface area contributed by atoms with Gasteiger partial charge < -0.3 is 14.9 Å². The van der Waals surface area contributed by atoms with E-state index in [1.54, 1.807) is 0 Å². The largest absolute Gasteiger partial charge is 0.502 e. The summed E-state index contributed by atoms with van der Waals surface area (Å²) in [6.45, 7) is 4.14. The van der Waals surface area contributed by atoms with Crippen LogP contribution in [0.2, 0.25) is 0 Å². The van der Waals surface area contributed by atoms with E-state index in [4.69, 9.17) is 14.9 Å². The third-order valence-electron chi connectivity index (χ3n) is 1.59. The second-order valence-electron chi connectivity index (χ2n) is 2.72. The number of unbranched alkanes of at least 4 members (excludes halogenated alkanes) is 3. The van der Waals surface area contributed by atoms with Gasteiger partial charge in [-0.2, -0.15) is 0 Å². The first-order chi connectivity index (χ1) is 5.77. The molecule has 12 heavy (non-hydrogen) atoms. The van der Waals surface area contributed by atoms with Crippen molar-refractivity contribution in [1.82, 2.24) is 0 Å². The van der Waals surface area contributed by atoms with Gasteiger partial charge in [0.2, 0.25) is 0 Å². The first-order valence-corrected chi connectivity index (χ1v) is 4.36. The molecule has 2 N–H and O–H groups in total. The van der Waals surface area contributed by atoms with Crippen molar-refractivity contribution in [1.29, 1.82) is 0 Å². The van der Waals surface area contributed by atoms with Gasteiger partial charge in [0.15, 0.2) is 6.29 Å². The molecule has 0 radical (unpaired) electrons. The van der Waals surface area contributed by atoms with Gasteiger partial charge in [-0.3, -0.25) is 0 Å². The average molecular weight is 174 g/mol. The molecule has 0 rings (SSSR count). The van der Waals surface area contributed by atoms with Crippen LogP contribution >= 0.6 is 0 Å². The third-order valence-corrected chi connectivity index (χ3v) is 1.59. The molecule has 0 bridgehead atoms. The number of aliphatic hydroxyl groups excluding tert-OH is 1. The number of ether oxygens (including phenoxy) is 1. The Morgan fingerprint density at radius 1 is 1.17 bits per heavy atom. The molecule has 0 aliphatic carbocycles. The van der Waals surface area contributed by atoms with Crippen molar-refractivity contribution in [3.63, 3.8) is 0 Å². The molecular formula is C9H18O3. The van der Waals surface area contributed by atoms with Crippen LogP contribution in [0.3, 0.4) is 0 Å². The molecule has 0 amide bonds. The zero-order valence-electron chi connectivity index (χ0n) is 7.41. The van der Waals surface area contributed by atoms with Gasteiger partial charge in [0.25, 0.3) is 0 Å². The Labute approximate surface area is 73.7 Å². The molecule has 0 aromatic heterocycles. The molecule has 0 unspecified atom stereocenters. The van der Waals surface area contributed by atoms with Gasteiger partial charge in [0.05, 0.1) is 12.9 Å². The van der Waals surface area contributed by atoms with Crippen molar-refractivity contribution in [3.8, 4) is 0 Å². The Kier molecular flexibility index (Phi) is 8.17. The fraction of sp³-hybridized carbons (Fsp3) is 0.778. The van der Waals surface area contributed by atoms with Gasteiger partial charge >= 0.3 is 0 Å². The van der Waals surface area contributed by atoms with Crippen LogP contribution in [-0.4, -0.2) is 23.1 Å². The van der Waals surface area contributed by atoms with E-state index in [2.05, 4.69) is 6.58 Å². The van der Waals surface area contributed by atoms with Crippen LogP contribution in [0.25, 0.3) is 0 Å². The number of rotatable bonds is 8. The summed E-state index contributed by atoms with van der Waals surface area (Å²) in [4.78, 5) is 0. The quantitative estimate of drug-likeness (QED) is 0.332. The first-order valence-electron chi connectivity index (χ1n) is 4.36. The molecule has 0 saturated heterocycles. The van der Waals surface area contributed by atoms with Gasteiger partial charge in [0, 0.05) is 0 Å². The highest BCUT2D eigenvalue weighted by molar-refractivity contribution is 4.50. The van der Waals surface area contributed by atoms with E-state index in [0.717, 1.165) is 25.7 Å². The van der Waals surface area contributed by atoms with Gasteiger partial charge in [-0.25, -0.2) is 0 Å². The van der Waals surface area contributed by atoms with E-state index in [-0.39, 0.29) is 0 Å². The summed E-state index contributed by atoms with van der Waals surface area (Å²) < 4.78 is 4.93. The van der Waals surface area contributed by atoms with Gasteiger partial charge in [0.1, 0.15) is 0 Å². The lowest BCUT2D eigenvalue weighted by Gasteiger charge is -2.02. The Balaban J connectivity index is 2.86. The maximum Gasteiger partial charge on any atom is 0.151 e. The first kappa shape index (κ1) is 11.5. The van der Waals surface area contributed by atoms with E-state index in [1.165, 1.54) is 6.26 Å². The van der Waals surface area contributed by atoms with Crippen LogP contribution < -0.4 is 0 Å². The summed E-state index contributed by atoms with van der Waals surface area (Å²) in [5, 5.41) is 17.0. The van der Waals surface area contributed by atoms with E-state index in [1.807, 2.05) is 0 Å². The highest BCUT2D eigenvalue weighted by atomic mass is 16.5. The van der Waals surface area contributed by atoms with Crippen LogP contribution in [0.1, 0.15) is 32.1 Å². The highest BCUT2D eigenvalue weighted by Crippen LogP contribution is 2.04. The van der Waals surface area contributed by atoms with E-state index in [9.17, 15) is 0 Å². The van der Waals surface area contributed by atoms with Gasteiger partial charge in [-0.15, -0.1) is 0 Å². The minimum atomic E-state index is -1.14. The maximum atomic E-state index is 8.51. The molecule has 0 spiro atoms. The predicted molar refractivity (Wildman–Crippen MR) is 47.5 cm³/mol. The molecule has 0 atom stereocenters. The van der Waals surface area contributed by atoms with Crippen LogP contribution in [-0.2, 0) is 4.74 Å². The summed E-state index contributed by atoms with van der Waals surface area (Å²) in [5.74, 6) is 0. The smallest absolute Gasteiger partial charge is 0.151 e. The summed E-state index contributed by atoms with van der Waals surface area (Å²) in [7, 11) is 0. The van der Waals surface area contributed by atoms with Crippen LogP contribution in [0.4, 0.5) is 0 Å². The Hall–Kier alpha value is -0.540. The number of hydrogen-bond acceptors (Lipinski definition) is 3. The maximum absolute atomic E-state index is 8.51. The van der Waals surface area contributed by atoms with Gasteiger partial charge in [-0.05, 0) is 19.3 Å². The lowest BCUT2D eigenvalue weighted by atomic mass is 10.1. The van der Waals surface area contributed by atoms with E-state index < -0.39 is 6.29 Å². The Bertz CT molecular complexity index is 102. The van der Waals surface area contributed by atoms with Crippen molar-refractivity contribution < 1.29 is 14.9 Å². The summed E-state index contributed by atoms with van der Waals surface area (Å²) in [6, 6.07) is 0. The molecule has 0 aromatic rings. The van der Waals surface area contributed by atoms with Crippen molar-refractivity contribution in [2.75, 3.05) is 6.61 Å². The lowest BCUT2D eigenvalue weighted by molar-refractivity contribution is -0.0466. The van der Waals surface area contributed by atoms with Gasteiger partial charge in [-0.1, -0.05) is 19.4 Å². The van der Waals surface area contributed by atoms with Crippen molar-refractivity contribution in [3.05, 3.63) is 12.8 Å². The molecule has 0 heterocycles.